The molecule has 0 aliphatic rings. The minimum atomic E-state index is -1.31. The van der Waals surface area contributed by atoms with E-state index in [-0.39, 0.29) is 17.1 Å². The normalized spacial score (nSPS) is 10.1. The van der Waals surface area contributed by atoms with Gasteiger partial charge in [-0.05, 0) is 19.1 Å². The molecule has 0 radical (unpaired) electrons. The fourth-order valence-electron chi connectivity index (χ4n) is 1.76. The molecule has 0 spiro atoms. The van der Waals surface area contributed by atoms with Gasteiger partial charge in [0.1, 0.15) is 0 Å². The molecule has 3 N–H and O–H groups in total. The molecule has 0 atom stereocenters. The van der Waals surface area contributed by atoms with Crippen LogP contribution in [0.5, 0.6) is 0 Å². The third-order valence-electron chi connectivity index (χ3n) is 2.72. The summed E-state index contributed by atoms with van der Waals surface area (Å²) in [5.74, 6) is -2.03. The second-order valence-electron chi connectivity index (χ2n) is 4.14. The van der Waals surface area contributed by atoms with E-state index in [1.165, 1.54) is 25.1 Å². The molecule has 21 heavy (non-hydrogen) atoms. The molecule has 0 saturated carbocycles. The Morgan fingerprint density at radius 2 is 2.14 bits per heavy atom. The molecule has 1 heterocycles. The number of anilines is 1. The monoisotopic (exact) mass is 290 g/mol. The summed E-state index contributed by atoms with van der Waals surface area (Å²) in [5, 5.41) is 22.0. The molecule has 1 aromatic heterocycles. The molecule has 0 fully saturated rings. The maximum absolute atomic E-state index is 11.9. The predicted octanol–water partition coefficient (Wildman–Crippen LogP) is 1.58. The Labute approximate surface area is 117 Å². The number of carbonyl (C=O) groups is 2. The molecule has 0 bridgehead atoms. The predicted molar refractivity (Wildman–Crippen MR) is 71.3 cm³/mol. The summed E-state index contributed by atoms with van der Waals surface area (Å²) in [6.45, 7) is 1.53. The van der Waals surface area contributed by atoms with Crippen molar-refractivity contribution in [1.29, 1.82) is 0 Å². The number of rotatable bonds is 4. The zero-order chi connectivity index (χ0) is 15.6. The average molecular weight is 290 g/mol. The molecule has 9 nitrogen and oxygen atoms in total. The van der Waals surface area contributed by atoms with Crippen LogP contribution in [0, 0.1) is 17.0 Å². The van der Waals surface area contributed by atoms with Gasteiger partial charge in [0.05, 0.1) is 11.3 Å². The molecular formula is C12H10N4O5. The lowest BCUT2D eigenvalue weighted by Gasteiger charge is -2.05. The summed E-state index contributed by atoms with van der Waals surface area (Å²) >= 11 is 0. The number of hydrogen-bond acceptors (Lipinski definition) is 5. The van der Waals surface area contributed by atoms with Gasteiger partial charge in [0.2, 0.25) is 0 Å². The van der Waals surface area contributed by atoms with Crippen molar-refractivity contribution >= 4 is 23.3 Å². The number of amides is 1. The Morgan fingerprint density at radius 3 is 2.71 bits per heavy atom. The summed E-state index contributed by atoms with van der Waals surface area (Å²) < 4.78 is 0. The standard InChI is InChI=1S/C12H10N4O5/c1-6-4-7(2-3-8(6)16(20)21)15-11(17)9-10(12(18)19)14-5-13-9/h2-5H,1H3,(H,13,14)(H,15,17)(H,18,19). The maximum Gasteiger partial charge on any atom is 0.354 e. The number of carboxylic acids is 1. The summed E-state index contributed by atoms with van der Waals surface area (Å²) in [6, 6.07) is 4.03. The highest BCUT2D eigenvalue weighted by molar-refractivity contribution is 6.08. The topological polar surface area (TPSA) is 138 Å². The minimum absolute atomic E-state index is 0.0704. The van der Waals surface area contributed by atoms with Crippen LogP contribution in [-0.2, 0) is 0 Å². The molecular weight excluding hydrogens is 280 g/mol. The van der Waals surface area contributed by atoms with Crippen molar-refractivity contribution in [2.45, 2.75) is 6.92 Å². The van der Waals surface area contributed by atoms with Crippen molar-refractivity contribution in [3.05, 3.63) is 51.6 Å². The average Bonchev–Trinajstić information content (AvgIpc) is 2.87. The lowest BCUT2D eigenvalue weighted by Crippen LogP contribution is -2.16. The van der Waals surface area contributed by atoms with Crippen LogP contribution in [0.25, 0.3) is 0 Å². The van der Waals surface area contributed by atoms with Crippen molar-refractivity contribution < 1.29 is 19.6 Å². The van der Waals surface area contributed by atoms with E-state index < -0.39 is 16.8 Å². The molecule has 0 saturated heterocycles. The van der Waals surface area contributed by atoms with Gasteiger partial charge in [0.15, 0.2) is 11.4 Å². The Bertz CT molecular complexity index is 737. The van der Waals surface area contributed by atoms with Gasteiger partial charge in [-0.25, -0.2) is 9.78 Å². The van der Waals surface area contributed by atoms with Gasteiger partial charge in [-0.3, -0.25) is 14.9 Å². The number of hydrogen-bond donors (Lipinski definition) is 3. The van der Waals surface area contributed by atoms with Gasteiger partial charge in [0, 0.05) is 17.3 Å². The van der Waals surface area contributed by atoms with E-state index in [0.717, 1.165) is 6.33 Å². The van der Waals surface area contributed by atoms with Gasteiger partial charge in [0.25, 0.3) is 11.6 Å². The number of benzene rings is 1. The third-order valence-corrected chi connectivity index (χ3v) is 2.72. The van der Waals surface area contributed by atoms with E-state index in [0.29, 0.717) is 11.3 Å². The number of aromatic amines is 1. The number of nitrogens with one attached hydrogen (secondary N) is 2. The Balaban J connectivity index is 2.24. The van der Waals surface area contributed by atoms with Crippen LogP contribution >= 0.6 is 0 Å². The van der Waals surface area contributed by atoms with Gasteiger partial charge in [-0.2, -0.15) is 0 Å². The Kier molecular flexibility index (Phi) is 3.65. The largest absolute Gasteiger partial charge is 0.477 e. The van der Waals surface area contributed by atoms with Gasteiger partial charge < -0.3 is 15.4 Å². The summed E-state index contributed by atoms with van der Waals surface area (Å²) in [6.07, 6.45) is 1.10. The second kappa shape index (κ2) is 5.41. The molecule has 0 aliphatic carbocycles. The molecule has 1 aromatic carbocycles. The van der Waals surface area contributed by atoms with E-state index >= 15 is 0 Å². The van der Waals surface area contributed by atoms with Crippen molar-refractivity contribution in [2.75, 3.05) is 5.32 Å². The van der Waals surface area contributed by atoms with E-state index in [4.69, 9.17) is 5.11 Å². The van der Waals surface area contributed by atoms with E-state index in [9.17, 15) is 19.7 Å². The first-order chi connectivity index (χ1) is 9.90. The van der Waals surface area contributed by atoms with Crippen LogP contribution in [0.2, 0.25) is 0 Å². The van der Waals surface area contributed by atoms with E-state index in [2.05, 4.69) is 15.3 Å². The van der Waals surface area contributed by atoms with Crippen molar-refractivity contribution in [3.63, 3.8) is 0 Å². The van der Waals surface area contributed by atoms with Crippen LogP contribution in [0.15, 0.2) is 24.5 Å². The summed E-state index contributed by atoms with van der Waals surface area (Å²) in [4.78, 5) is 39.0. The summed E-state index contributed by atoms with van der Waals surface area (Å²) in [7, 11) is 0. The third kappa shape index (κ3) is 2.86. The molecule has 0 aliphatic heterocycles. The number of aryl methyl sites for hydroxylation is 1. The fraction of sp³-hybridized carbons (Fsp3) is 0.0833. The lowest BCUT2D eigenvalue weighted by molar-refractivity contribution is -0.385. The first kappa shape index (κ1) is 14.2. The van der Waals surface area contributed by atoms with Crippen LogP contribution < -0.4 is 5.32 Å². The SMILES string of the molecule is Cc1cc(NC(=O)c2nc[nH]c2C(=O)O)ccc1[N+](=O)[O-]. The number of aromatic carboxylic acids is 1. The van der Waals surface area contributed by atoms with Gasteiger partial charge in [-0.15, -0.1) is 0 Å². The smallest absolute Gasteiger partial charge is 0.354 e. The van der Waals surface area contributed by atoms with Crippen LogP contribution in [0.3, 0.4) is 0 Å². The van der Waals surface area contributed by atoms with Crippen molar-refractivity contribution in [3.8, 4) is 0 Å². The molecule has 1 amide bonds. The van der Waals surface area contributed by atoms with Gasteiger partial charge in [-0.1, -0.05) is 0 Å². The molecule has 2 rings (SSSR count). The second-order valence-corrected chi connectivity index (χ2v) is 4.14. The number of carbonyl (C=O) groups excluding carboxylic acids is 1. The maximum atomic E-state index is 11.9. The zero-order valence-electron chi connectivity index (χ0n) is 10.8. The number of nitro benzene ring substituents is 1. The number of H-pyrrole nitrogens is 1. The molecule has 2 aromatic rings. The van der Waals surface area contributed by atoms with Gasteiger partial charge >= 0.3 is 5.97 Å². The Hall–Kier alpha value is -3.23. The summed E-state index contributed by atoms with van der Waals surface area (Å²) in [5.41, 5.74) is 0.0179. The van der Waals surface area contributed by atoms with Crippen molar-refractivity contribution in [1.82, 2.24) is 9.97 Å². The quantitative estimate of drug-likeness (QED) is 0.577. The highest BCUT2D eigenvalue weighted by atomic mass is 16.6. The fourth-order valence-corrected chi connectivity index (χ4v) is 1.76. The number of aromatic nitrogens is 2. The first-order valence-corrected chi connectivity index (χ1v) is 5.73. The number of imidazole rings is 1. The van der Waals surface area contributed by atoms with E-state index in [1.54, 1.807) is 0 Å². The zero-order valence-corrected chi connectivity index (χ0v) is 10.8. The number of carboxylic acid groups (broad SMARTS) is 1. The molecule has 108 valence electrons. The number of nitro groups is 1. The molecule has 9 heteroatoms. The van der Waals surface area contributed by atoms with Crippen LogP contribution in [-0.4, -0.2) is 31.9 Å². The Morgan fingerprint density at radius 1 is 1.43 bits per heavy atom. The van der Waals surface area contributed by atoms with Crippen molar-refractivity contribution in [2.24, 2.45) is 0 Å². The van der Waals surface area contributed by atoms with E-state index in [1.807, 2.05) is 0 Å². The minimum Gasteiger partial charge on any atom is -0.477 e. The highest BCUT2D eigenvalue weighted by Crippen LogP contribution is 2.22. The number of nitrogens with zero attached hydrogens (tertiary/aromatic N) is 2. The first-order valence-electron chi connectivity index (χ1n) is 5.73. The van der Waals surface area contributed by atoms with Crippen LogP contribution in [0.1, 0.15) is 26.5 Å². The van der Waals surface area contributed by atoms with Crippen LogP contribution in [0.4, 0.5) is 11.4 Å². The lowest BCUT2D eigenvalue weighted by atomic mass is 10.2. The highest BCUT2D eigenvalue weighted by Gasteiger charge is 2.20. The molecule has 0 unspecified atom stereocenters.